The zero-order valence-corrected chi connectivity index (χ0v) is 20.8. The maximum absolute atomic E-state index is 13.3. The topological polar surface area (TPSA) is 93.2 Å². The molecule has 7 nitrogen and oxygen atoms in total. The zero-order chi connectivity index (χ0) is 22.7. The van der Waals surface area contributed by atoms with E-state index in [0.29, 0.717) is 22.1 Å². The molecule has 0 unspecified atom stereocenters. The van der Waals surface area contributed by atoms with Gasteiger partial charge in [0.2, 0.25) is 0 Å². The Morgan fingerprint density at radius 1 is 0.875 bits per heavy atom. The number of hydrogen-bond donors (Lipinski definition) is 2. The minimum Gasteiger partial charge on any atom is -0.492 e. The second-order valence-electron chi connectivity index (χ2n) is 6.67. The second-order valence-corrected chi connectivity index (χ2v) is 10.2. The SMILES string of the molecule is CCOc1ccc(Br)cc1S(=O)(=O)Nc1nc2ccccc2nc1Nc1ccc(Br)cc1. The molecule has 0 fully saturated rings. The van der Waals surface area contributed by atoms with E-state index >= 15 is 0 Å². The van der Waals surface area contributed by atoms with Gasteiger partial charge in [0.1, 0.15) is 10.6 Å². The molecule has 164 valence electrons. The van der Waals surface area contributed by atoms with Gasteiger partial charge in [-0.15, -0.1) is 0 Å². The van der Waals surface area contributed by atoms with Crippen LogP contribution in [0, 0.1) is 0 Å². The molecule has 0 radical (unpaired) electrons. The summed E-state index contributed by atoms with van der Waals surface area (Å²) in [6.45, 7) is 2.12. The van der Waals surface area contributed by atoms with Gasteiger partial charge in [-0.1, -0.05) is 44.0 Å². The van der Waals surface area contributed by atoms with Crippen molar-refractivity contribution < 1.29 is 13.2 Å². The number of hydrogen-bond acceptors (Lipinski definition) is 6. The summed E-state index contributed by atoms with van der Waals surface area (Å²) in [7, 11) is -4.03. The van der Waals surface area contributed by atoms with Gasteiger partial charge in [-0.3, -0.25) is 4.72 Å². The van der Waals surface area contributed by atoms with E-state index in [0.717, 1.165) is 10.2 Å². The van der Waals surface area contributed by atoms with E-state index in [9.17, 15) is 8.42 Å². The Kier molecular flexibility index (Phi) is 6.63. The Balaban J connectivity index is 1.79. The van der Waals surface area contributed by atoms with Crippen molar-refractivity contribution in [2.24, 2.45) is 0 Å². The van der Waals surface area contributed by atoms with Gasteiger partial charge in [-0.25, -0.2) is 18.4 Å². The third-order valence-electron chi connectivity index (χ3n) is 4.40. The van der Waals surface area contributed by atoms with Crippen LogP contribution in [0.2, 0.25) is 0 Å². The van der Waals surface area contributed by atoms with E-state index in [-0.39, 0.29) is 22.3 Å². The summed E-state index contributed by atoms with van der Waals surface area (Å²) in [6.07, 6.45) is 0. The molecule has 0 saturated carbocycles. The molecule has 1 heterocycles. The lowest BCUT2D eigenvalue weighted by atomic mass is 10.3. The lowest BCUT2D eigenvalue weighted by molar-refractivity contribution is 0.331. The average molecular weight is 578 g/mol. The normalized spacial score (nSPS) is 11.3. The quantitative estimate of drug-likeness (QED) is 0.276. The van der Waals surface area contributed by atoms with Crippen molar-refractivity contribution in [3.8, 4) is 5.75 Å². The summed E-state index contributed by atoms with van der Waals surface area (Å²) in [5, 5.41) is 3.16. The van der Waals surface area contributed by atoms with Gasteiger partial charge in [-0.05, 0) is 61.5 Å². The van der Waals surface area contributed by atoms with E-state index in [1.165, 1.54) is 6.07 Å². The number of nitrogens with zero attached hydrogens (tertiary/aromatic N) is 2. The highest BCUT2D eigenvalue weighted by atomic mass is 79.9. The minimum atomic E-state index is -4.03. The lowest BCUT2D eigenvalue weighted by Crippen LogP contribution is -2.17. The summed E-state index contributed by atoms with van der Waals surface area (Å²) in [4.78, 5) is 9.11. The Morgan fingerprint density at radius 2 is 1.50 bits per heavy atom. The summed E-state index contributed by atoms with van der Waals surface area (Å²) in [6, 6.07) is 19.5. The summed E-state index contributed by atoms with van der Waals surface area (Å²) in [5.74, 6) is 0.607. The van der Waals surface area contributed by atoms with E-state index in [2.05, 4.69) is 51.9 Å². The summed E-state index contributed by atoms with van der Waals surface area (Å²) in [5.41, 5.74) is 1.93. The molecule has 0 atom stereocenters. The third-order valence-corrected chi connectivity index (χ3v) is 6.79. The maximum atomic E-state index is 13.3. The first-order chi connectivity index (χ1) is 15.4. The number of sulfonamides is 1. The number of anilines is 3. The highest BCUT2D eigenvalue weighted by Crippen LogP contribution is 2.32. The van der Waals surface area contributed by atoms with Crippen molar-refractivity contribution in [3.05, 3.63) is 75.7 Å². The van der Waals surface area contributed by atoms with Gasteiger partial charge in [0.15, 0.2) is 11.6 Å². The van der Waals surface area contributed by atoms with E-state index in [4.69, 9.17) is 4.74 Å². The number of nitrogens with one attached hydrogen (secondary N) is 2. The van der Waals surface area contributed by atoms with Gasteiger partial charge < -0.3 is 10.1 Å². The molecule has 0 aliphatic heterocycles. The second kappa shape index (κ2) is 9.43. The number of halogens is 2. The van der Waals surface area contributed by atoms with E-state index in [1.54, 1.807) is 25.1 Å². The summed E-state index contributed by atoms with van der Waals surface area (Å²) >= 11 is 6.74. The molecule has 4 rings (SSSR count). The molecule has 0 aliphatic rings. The van der Waals surface area contributed by atoms with Crippen LogP contribution in [0.3, 0.4) is 0 Å². The van der Waals surface area contributed by atoms with Crippen LogP contribution in [-0.2, 0) is 10.0 Å². The molecule has 0 spiro atoms. The lowest BCUT2D eigenvalue weighted by Gasteiger charge is -2.16. The van der Waals surface area contributed by atoms with Crippen LogP contribution < -0.4 is 14.8 Å². The Labute approximate surface area is 202 Å². The smallest absolute Gasteiger partial charge is 0.266 e. The minimum absolute atomic E-state index is 0.00160. The van der Waals surface area contributed by atoms with E-state index < -0.39 is 10.0 Å². The zero-order valence-electron chi connectivity index (χ0n) is 16.8. The largest absolute Gasteiger partial charge is 0.492 e. The fraction of sp³-hybridized carbons (Fsp3) is 0.0909. The number of benzene rings is 3. The molecular formula is C22H18Br2N4O3S. The van der Waals surface area contributed by atoms with Crippen molar-refractivity contribution in [2.45, 2.75) is 11.8 Å². The first-order valence-corrected chi connectivity index (χ1v) is 12.7. The molecule has 0 saturated heterocycles. The molecule has 32 heavy (non-hydrogen) atoms. The first-order valence-electron chi connectivity index (χ1n) is 9.60. The Bertz CT molecular complexity index is 1380. The number of aromatic nitrogens is 2. The highest BCUT2D eigenvalue weighted by Gasteiger charge is 2.23. The van der Waals surface area contributed by atoms with Crippen molar-refractivity contribution in [1.29, 1.82) is 0 Å². The molecule has 1 aromatic heterocycles. The molecule has 0 bridgehead atoms. The molecule has 0 aliphatic carbocycles. The van der Waals surface area contributed by atoms with Gasteiger partial charge >= 0.3 is 0 Å². The number of para-hydroxylation sites is 2. The number of ether oxygens (including phenoxy) is 1. The molecule has 3 aromatic carbocycles. The molecule has 4 aromatic rings. The molecule has 0 amide bonds. The molecule has 10 heteroatoms. The van der Waals surface area contributed by atoms with Crippen LogP contribution in [-0.4, -0.2) is 25.0 Å². The predicted octanol–water partition coefficient (Wildman–Crippen LogP) is 6.10. The van der Waals surface area contributed by atoms with Crippen molar-refractivity contribution in [2.75, 3.05) is 16.6 Å². The van der Waals surface area contributed by atoms with Gasteiger partial charge in [-0.2, -0.15) is 0 Å². The van der Waals surface area contributed by atoms with Crippen molar-refractivity contribution >= 4 is 70.2 Å². The first kappa shape index (κ1) is 22.5. The predicted molar refractivity (Wildman–Crippen MR) is 133 cm³/mol. The Morgan fingerprint density at radius 3 is 2.16 bits per heavy atom. The summed E-state index contributed by atoms with van der Waals surface area (Å²) < 4.78 is 36.3. The standard InChI is InChI=1S/C22H18Br2N4O3S/c1-2-31-19-12-9-15(24)13-20(19)32(29,30)28-22-21(25-16-10-7-14(23)8-11-16)26-17-5-3-4-6-18(17)27-22/h3-13H,2H2,1H3,(H,25,26)(H,27,28). The van der Waals surface area contributed by atoms with Gasteiger partial charge in [0.05, 0.1) is 17.6 Å². The van der Waals surface area contributed by atoms with Crippen LogP contribution in [0.1, 0.15) is 6.92 Å². The van der Waals surface area contributed by atoms with Gasteiger partial charge in [0.25, 0.3) is 10.0 Å². The monoisotopic (exact) mass is 576 g/mol. The van der Waals surface area contributed by atoms with Crippen LogP contribution in [0.5, 0.6) is 5.75 Å². The Hall–Kier alpha value is -2.69. The average Bonchev–Trinajstić information content (AvgIpc) is 2.77. The van der Waals surface area contributed by atoms with Crippen LogP contribution >= 0.6 is 31.9 Å². The van der Waals surface area contributed by atoms with Crippen LogP contribution in [0.4, 0.5) is 17.3 Å². The number of rotatable bonds is 7. The van der Waals surface area contributed by atoms with Crippen molar-refractivity contribution in [1.82, 2.24) is 9.97 Å². The van der Waals surface area contributed by atoms with Crippen LogP contribution in [0.15, 0.2) is 80.6 Å². The van der Waals surface area contributed by atoms with Crippen molar-refractivity contribution in [3.63, 3.8) is 0 Å². The maximum Gasteiger partial charge on any atom is 0.266 e. The highest BCUT2D eigenvalue weighted by molar-refractivity contribution is 9.10. The van der Waals surface area contributed by atoms with Crippen LogP contribution in [0.25, 0.3) is 11.0 Å². The fourth-order valence-electron chi connectivity index (χ4n) is 2.98. The molecule has 2 N–H and O–H groups in total. The van der Waals surface area contributed by atoms with E-state index in [1.807, 2.05) is 42.5 Å². The third kappa shape index (κ3) is 5.03. The molecular weight excluding hydrogens is 560 g/mol. The number of fused-ring (bicyclic) bond motifs is 1. The fourth-order valence-corrected chi connectivity index (χ4v) is 4.93. The van der Waals surface area contributed by atoms with Gasteiger partial charge in [0, 0.05) is 14.6 Å².